The second-order valence-electron chi connectivity index (χ2n) is 8.39. The smallest absolute Gasteiger partial charge is 0.387 e. The number of alkyl halides is 2. The summed E-state index contributed by atoms with van der Waals surface area (Å²) in [6, 6.07) is 14.4. The number of halogens is 2. The van der Waals surface area contributed by atoms with Gasteiger partial charge in [-0.3, -0.25) is 9.79 Å². The van der Waals surface area contributed by atoms with Crippen molar-refractivity contribution in [2.45, 2.75) is 50.8 Å². The van der Waals surface area contributed by atoms with Crippen LogP contribution < -0.4 is 4.74 Å². The van der Waals surface area contributed by atoms with Gasteiger partial charge in [0.05, 0.1) is 6.54 Å². The molecule has 0 radical (unpaired) electrons. The van der Waals surface area contributed by atoms with E-state index in [4.69, 9.17) is 0 Å². The Kier molecular flexibility index (Phi) is 5.30. The molecule has 1 aliphatic heterocycles. The summed E-state index contributed by atoms with van der Waals surface area (Å²) >= 11 is 0. The Morgan fingerprint density at radius 1 is 1.03 bits per heavy atom. The zero-order valence-electron chi connectivity index (χ0n) is 17.1. The Morgan fingerprint density at radius 3 is 2.55 bits per heavy atom. The zero-order valence-corrected chi connectivity index (χ0v) is 17.1. The van der Waals surface area contributed by atoms with Gasteiger partial charge in [0.1, 0.15) is 5.75 Å². The molecule has 3 aliphatic rings. The number of carbonyl (C=O) groups excluding carboxylic acids is 1. The van der Waals surface area contributed by atoms with Gasteiger partial charge >= 0.3 is 6.61 Å². The molecule has 0 spiro atoms. The molecule has 0 N–H and O–H groups in total. The fourth-order valence-corrected chi connectivity index (χ4v) is 4.66. The van der Waals surface area contributed by atoms with E-state index in [9.17, 15) is 13.6 Å². The maximum Gasteiger partial charge on any atom is 0.387 e. The normalized spacial score (nSPS) is 20.2. The molecule has 0 bridgehead atoms. The molecule has 6 heteroatoms. The number of hydrogen-bond acceptors (Lipinski definition) is 3. The Morgan fingerprint density at radius 2 is 1.81 bits per heavy atom. The van der Waals surface area contributed by atoms with Gasteiger partial charge in [-0.1, -0.05) is 30.3 Å². The molecule has 31 heavy (non-hydrogen) atoms. The summed E-state index contributed by atoms with van der Waals surface area (Å²) < 4.78 is 30.1. The Hall–Kier alpha value is -3.02. The minimum absolute atomic E-state index is 0.0511. The van der Waals surface area contributed by atoms with Crippen molar-refractivity contribution in [3.63, 3.8) is 0 Å². The lowest BCUT2D eigenvalue weighted by Crippen LogP contribution is -2.43. The van der Waals surface area contributed by atoms with Crippen LogP contribution >= 0.6 is 0 Å². The highest BCUT2D eigenvalue weighted by Gasteiger charge is 2.39. The molecule has 1 heterocycles. The average Bonchev–Trinajstić information content (AvgIpc) is 3.49. The highest BCUT2D eigenvalue weighted by Crippen LogP contribution is 2.38. The summed E-state index contributed by atoms with van der Waals surface area (Å²) in [6.45, 7) is -2.07. The van der Waals surface area contributed by atoms with Crippen molar-refractivity contribution in [2.24, 2.45) is 4.99 Å². The molecule has 1 unspecified atom stereocenters. The van der Waals surface area contributed by atoms with Gasteiger partial charge in [-0.05, 0) is 67.0 Å². The third-order valence-electron chi connectivity index (χ3n) is 6.33. The Labute approximate surface area is 180 Å². The predicted molar refractivity (Wildman–Crippen MR) is 116 cm³/mol. The van der Waals surface area contributed by atoms with E-state index in [-0.39, 0.29) is 17.7 Å². The minimum Gasteiger partial charge on any atom is -0.434 e. The van der Waals surface area contributed by atoms with Gasteiger partial charge in [-0.25, -0.2) is 0 Å². The molecule has 1 amide bonds. The highest BCUT2D eigenvalue weighted by atomic mass is 19.3. The largest absolute Gasteiger partial charge is 0.434 e. The van der Waals surface area contributed by atoms with E-state index in [2.05, 4.69) is 14.6 Å². The summed E-state index contributed by atoms with van der Waals surface area (Å²) in [7, 11) is 0. The van der Waals surface area contributed by atoms with Crippen molar-refractivity contribution in [2.75, 3.05) is 6.54 Å². The second kappa shape index (κ2) is 8.25. The third kappa shape index (κ3) is 4.11. The first-order valence-corrected chi connectivity index (χ1v) is 10.8. The lowest BCUT2D eigenvalue weighted by atomic mass is 9.88. The number of ether oxygens (including phenoxy) is 1. The van der Waals surface area contributed by atoms with E-state index in [0.29, 0.717) is 17.2 Å². The Balaban J connectivity index is 1.37. The summed E-state index contributed by atoms with van der Waals surface area (Å²) in [6.07, 6.45) is 6.97. The lowest BCUT2D eigenvalue weighted by molar-refractivity contribution is -0.0494. The van der Waals surface area contributed by atoms with Crippen molar-refractivity contribution in [3.8, 4) is 16.9 Å². The number of nitrogens with zero attached hydrogens (tertiary/aromatic N) is 2. The number of rotatable bonds is 6. The lowest BCUT2D eigenvalue weighted by Gasteiger charge is -2.35. The predicted octanol–water partition coefficient (Wildman–Crippen LogP) is 5.49. The maximum atomic E-state index is 13.4. The number of hydrogen-bond donors (Lipinski definition) is 0. The number of para-hydroxylation sites is 1. The monoisotopic (exact) mass is 422 g/mol. The van der Waals surface area contributed by atoms with E-state index < -0.39 is 6.61 Å². The maximum absolute atomic E-state index is 13.4. The molecule has 0 saturated heterocycles. The molecule has 2 aromatic carbocycles. The summed E-state index contributed by atoms with van der Waals surface area (Å²) in [5.74, 6) is 0.177. The van der Waals surface area contributed by atoms with Crippen molar-refractivity contribution < 1.29 is 18.3 Å². The number of carbonyl (C=O) groups is 1. The van der Waals surface area contributed by atoms with Crippen molar-refractivity contribution in [1.29, 1.82) is 0 Å². The number of amides is 1. The quantitative estimate of drug-likeness (QED) is 0.617. The second-order valence-corrected chi connectivity index (χ2v) is 8.39. The fourth-order valence-electron chi connectivity index (χ4n) is 4.66. The highest BCUT2D eigenvalue weighted by molar-refractivity contribution is 5.95. The van der Waals surface area contributed by atoms with E-state index >= 15 is 0 Å². The van der Waals surface area contributed by atoms with Crippen LogP contribution in [0.5, 0.6) is 5.75 Å². The van der Waals surface area contributed by atoms with Crippen LogP contribution in [0.4, 0.5) is 8.78 Å². The molecule has 2 aromatic rings. The van der Waals surface area contributed by atoms with E-state index in [0.717, 1.165) is 44.2 Å². The van der Waals surface area contributed by atoms with Crippen LogP contribution in [0.3, 0.4) is 0 Å². The van der Waals surface area contributed by atoms with Gasteiger partial charge in [-0.2, -0.15) is 8.78 Å². The summed E-state index contributed by atoms with van der Waals surface area (Å²) in [5, 5.41) is 0. The first-order valence-electron chi connectivity index (χ1n) is 10.8. The molecule has 0 aromatic heterocycles. The topological polar surface area (TPSA) is 41.9 Å². The van der Waals surface area contributed by atoms with E-state index in [1.807, 2.05) is 6.21 Å². The third-order valence-corrected chi connectivity index (χ3v) is 6.33. The molecular formula is C25H24F2N2O2. The van der Waals surface area contributed by atoms with Gasteiger partial charge < -0.3 is 9.64 Å². The van der Waals surface area contributed by atoms with E-state index in [1.54, 1.807) is 42.5 Å². The van der Waals surface area contributed by atoms with Crippen LogP contribution in [0, 0.1) is 0 Å². The van der Waals surface area contributed by atoms with Gasteiger partial charge in [0, 0.05) is 29.4 Å². The number of aliphatic imine (C=N–C) groups is 1. The van der Waals surface area contributed by atoms with Crippen LogP contribution in [-0.2, 0) is 0 Å². The SMILES string of the molecule is O=C(c1ccc(-c2ccccc2OC(F)F)cc1)N(C1CC1)C1CCC2=C(C=NC2)C1. The van der Waals surface area contributed by atoms with Crippen LogP contribution in [0.25, 0.3) is 11.1 Å². The fraction of sp³-hybridized carbons (Fsp3) is 0.360. The van der Waals surface area contributed by atoms with Crippen molar-refractivity contribution in [3.05, 3.63) is 65.2 Å². The molecule has 1 fully saturated rings. The molecule has 4 nitrogen and oxygen atoms in total. The van der Waals surface area contributed by atoms with Gasteiger partial charge in [0.15, 0.2) is 0 Å². The van der Waals surface area contributed by atoms with Crippen LogP contribution in [-0.4, -0.2) is 42.3 Å². The zero-order chi connectivity index (χ0) is 21.4. The van der Waals surface area contributed by atoms with Crippen LogP contribution in [0.1, 0.15) is 42.5 Å². The molecule has 5 rings (SSSR count). The molecule has 1 atom stereocenters. The van der Waals surface area contributed by atoms with Crippen molar-refractivity contribution >= 4 is 12.1 Å². The minimum atomic E-state index is -2.88. The molecule has 2 aliphatic carbocycles. The standard InChI is InChI=1S/C25H24F2N2O2/c26-25(27)31-23-4-2-1-3-22(23)16-5-7-17(8-6-16)24(30)29(20-11-12-20)21-10-9-18-14-28-15-19(18)13-21/h1-8,15,20-21,25H,9-14H2. The van der Waals surface area contributed by atoms with Crippen LogP contribution in [0.15, 0.2) is 64.7 Å². The number of benzene rings is 2. The molecular weight excluding hydrogens is 398 g/mol. The van der Waals surface area contributed by atoms with E-state index in [1.165, 1.54) is 17.2 Å². The summed E-state index contributed by atoms with van der Waals surface area (Å²) in [5.41, 5.74) is 4.67. The average molecular weight is 422 g/mol. The first-order chi connectivity index (χ1) is 15.1. The Bertz CT molecular complexity index is 1040. The molecule has 160 valence electrons. The van der Waals surface area contributed by atoms with Crippen LogP contribution in [0.2, 0.25) is 0 Å². The van der Waals surface area contributed by atoms with Crippen molar-refractivity contribution in [1.82, 2.24) is 4.90 Å². The molecule has 1 saturated carbocycles. The van der Waals surface area contributed by atoms with Gasteiger partial charge in [0.2, 0.25) is 0 Å². The summed E-state index contributed by atoms with van der Waals surface area (Å²) in [4.78, 5) is 19.9. The first kappa shape index (κ1) is 19.9. The van der Waals surface area contributed by atoms with Gasteiger partial charge in [-0.15, -0.1) is 0 Å². The van der Waals surface area contributed by atoms with Gasteiger partial charge in [0.25, 0.3) is 5.91 Å².